The van der Waals surface area contributed by atoms with E-state index in [4.69, 9.17) is 4.42 Å². The van der Waals surface area contributed by atoms with Gasteiger partial charge in [0, 0.05) is 23.2 Å². The number of sulfonamides is 1. The number of aliphatic carboxylic acids is 1. The number of nitrogens with zero attached hydrogens (tertiary/aromatic N) is 1. The third kappa shape index (κ3) is 5.71. The van der Waals surface area contributed by atoms with Crippen LogP contribution in [0.1, 0.15) is 24.4 Å². The highest BCUT2D eigenvalue weighted by Gasteiger charge is 2.28. The molecule has 0 aliphatic rings. The van der Waals surface area contributed by atoms with E-state index in [2.05, 4.69) is 10.0 Å². The highest BCUT2D eigenvalue weighted by molar-refractivity contribution is 7.89. The molecule has 0 bridgehead atoms. The van der Waals surface area contributed by atoms with Crippen molar-refractivity contribution in [3.8, 4) is 11.1 Å². The Morgan fingerprint density at radius 3 is 2.11 bits per heavy atom. The molecule has 0 fully saturated rings. The predicted molar refractivity (Wildman–Crippen MR) is 139 cm³/mol. The van der Waals surface area contributed by atoms with E-state index in [1.807, 2.05) is 0 Å². The minimum absolute atomic E-state index is 0.00224. The number of hydrogen-bond donors (Lipinski definition) is 3. The number of hydrogen-bond acceptors (Lipinski definition) is 7. The number of amides is 1. The van der Waals surface area contributed by atoms with Crippen molar-refractivity contribution in [2.24, 2.45) is 5.92 Å². The second kappa shape index (κ2) is 10.4. The van der Waals surface area contributed by atoms with Crippen molar-refractivity contribution in [2.75, 3.05) is 5.32 Å². The topological polar surface area (TPSA) is 169 Å². The van der Waals surface area contributed by atoms with Crippen LogP contribution < -0.4 is 10.0 Å². The van der Waals surface area contributed by atoms with Crippen molar-refractivity contribution in [3.05, 3.63) is 88.7 Å². The molecule has 12 heteroatoms. The first-order valence-corrected chi connectivity index (χ1v) is 12.9. The average molecular weight is 538 g/mol. The van der Waals surface area contributed by atoms with Crippen molar-refractivity contribution in [2.45, 2.75) is 24.8 Å². The van der Waals surface area contributed by atoms with Gasteiger partial charge in [-0.1, -0.05) is 38.1 Å². The summed E-state index contributed by atoms with van der Waals surface area (Å²) in [5.41, 5.74) is 2.17. The van der Waals surface area contributed by atoms with Gasteiger partial charge in [-0.3, -0.25) is 19.7 Å². The van der Waals surface area contributed by atoms with E-state index in [1.54, 1.807) is 50.2 Å². The number of nitrogens with one attached hydrogen (secondary N) is 2. The lowest BCUT2D eigenvalue weighted by Gasteiger charge is -2.18. The van der Waals surface area contributed by atoms with Gasteiger partial charge in [-0.25, -0.2) is 8.42 Å². The van der Waals surface area contributed by atoms with Gasteiger partial charge in [0.15, 0.2) is 5.76 Å². The quantitative estimate of drug-likeness (QED) is 0.205. The standard InChI is InChI=1S/C26H23N3O8S/c1-15(2)24(26(31)32)28-38(35,36)21-10-5-17(6-11-21)16-3-7-19(8-4-16)27-25(30)23-14-18-13-20(29(33)34)9-12-22(18)37-23/h3-15,24,28H,1-2H3,(H,27,30)(H,31,32)/t24-/m0/s1. The fraction of sp³-hybridized carbons (Fsp3) is 0.154. The predicted octanol–water partition coefficient (Wildman–Crippen LogP) is 4.65. The molecule has 0 unspecified atom stereocenters. The Labute approximate surface area is 217 Å². The smallest absolute Gasteiger partial charge is 0.322 e. The summed E-state index contributed by atoms with van der Waals surface area (Å²) < 4.78 is 32.9. The number of fused-ring (bicyclic) bond motifs is 1. The van der Waals surface area contributed by atoms with Gasteiger partial charge < -0.3 is 14.8 Å². The molecule has 0 saturated carbocycles. The van der Waals surface area contributed by atoms with E-state index in [1.165, 1.54) is 36.4 Å². The maximum absolute atomic E-state index is 12.6. The number of nitro groups is 1. The maximum Gasteiger partial charge on any atom is 0.322 e. The SMILES string of the molecule is CC(C)[C@H](NS(=O)(=O)c1ccc(-c2ccc(NC(=O)c3cc4cc([N+](=O)[O-])ccc4o3)cc2)cc1)C(=O)O. The van der Waals surface area contributed by atoms with Crippen LogP contribution in [0.15, 0.2) is 82.1 Å². The minimum Gasteiger partial charge on any atom is -0.480 e. The number of anilines is 1. The monoisotopic (exact) mass is 537 g/mol. The molecule has 196 valence electrons. The molecule has 0 radical (unpaired) electrons. The van der Waals surface area contributed by atoms with E-state index in [0.717, 1.165) is 5.56 Å². The van der Waals surface area contributed by atoms with Gasteiger partial charge in [0.1, 0.15) is 11.6 Å². The first kappa shape index (κ1) is 26.5. The summed E-state index contributed by atoms with van der Waals surface area (Å²) in [6.45, 7) is 3.22. The van der Waals surface area contributed by atoms with Crippen molar-refractivity contribution >= 4 is 44.2 Å². The molecule has 3 N–H and O–H groups in total. The minimum atomic E-state index is -4.03. The van der Waals surface area contributed by atoms with Gasteiger partial charge >= 0.3 is 5.97 Å². The van der Waals surface area contributed by atoms with Crippen LogP contribution in [0.5, 0.6) is 0 Å². The zero-order valence-electron chi connectivity index (χ0n) is 20.2. The van der Waals surface area contributed by atoms with Crippen molar-refractivity contribution in [1.82, 2.24) is 4.72 Å². The van der Waals surface area contributed by atoms with Crippen LogP contribution in [0.25, 0.3) is 22.1 Å². The van der Waals surface area contributed by atoms with Crippen LogP contribution in [0, 0.1) is 16.0 Å². The normalized spacial score (nSPS) is 12.4. The molecule has 1 amide bonds. The Bertz CT molecular complexity index is 1630. The lowest BCUT2D eigenvalue weighted by atomic mass is 10.1. The third-order valence-electron chi connectivity index (χ3n) is 5.79. The first-order chi connectivity index (χ1) is 17.9. The summed E-state index contributed by atoms with van der Waals surface area (Å²) in [6, 6.07) is 17.0. The number of carbonyl (C=O) groups excluding carboxylic acids is 1. The zero-order valence-corrected chi connectivity index (χ0v) is 21.1. The molecule has 1 aromatic heterocycles. The first-order valence-electron chi connectivity index (χ1n) is 11.4. The molecular formula is C26H23N3O8S. The van der Waals surface area contributed by atoms with Crippen LogP contribution in [0.4, 0.5) is 11.4 Å². The van der Waals surface area contributed by atoms with Gasteiger partial charge in [-0.05, 0) is 53.4 Å². The van der Waals surface area contributed by atoms with E-state index < -0.39 is 38.8 Å². The Balaban J connectivity index is 1.45. The van der Waals surface area contributed by atoms with E-state index in [-0.39, 0.29) is 16.3 Å². The lowest BCUT2D eigenvalue weighted by molar-refractivity contribution is -0.384. The summed E-state index contributed by atoms with van der Waals surface area (Å²) in [5, 5.41) is 23.3. The highest BCUT2D eigenvalue weighted by atomic mass is 32.2. The maximum atomic E-state index is 12.6. The van der Waals surface area contributed by atoms with Crippen LogP contribution in [0.3, 0.4) is 0 Å². The summed E-state index contributed by atoms with van der Waals surface area (Å²) in [6.07, 6.45) is 0. The number of carbonyl (C=O) groups is 2. The third-order valence-corrected chi connectivity index (χ3v) is 7.25. The van der Waals surface area contributed by atoms with Crippen molar-refractivity contribution in [3.63, 3.8) is 0 Å². The largest absolute Gasteiger partial charge is 0.480 e. The van der Waals surface area contributed by atoms with Crippen LogP contribution in [-0.4, -0.2) is 36.4 Å². The molecule has 4 aromatic rings. The van der Waals surface area contributed by atoms with Crippen LogP contribution in [-0.2, 0) is 14.8 Å². The molecule has 0 spiro atoms. The summed E-state index contributed by atoms with van der Waals surface area (Å²) in [7, 11) is -4.03. The molecule has 4 rings (SSSR count). The van der Waals surface area contributed by atoms with E-state index >= 15 is 0 Å². The van der Waals surface area contributed by atoms with Crippen LogP contribution >= 0.6 is 0 Å². The molecular weight excluding hydrogens is 514 g/mol. The number of furan rings is 1. The van der Waals surface area contributed by atoms with Crippen LogP contribution in [0.2, 0.25) is 0 Å². The number of nitro benzene ring substituents is 1. The van der Waals surface area contributed by atoms with Gasteiger partial charge in [0.25, 0.3) is 11.6 Å². The molecule has 11 nitrogen and oxygen atoms in total. The molecule has 0 aliphatic carbocycles. The van der Waals surface area contributed by atoms with Crippen molar-refractivity contribution < 1.29 is 32.5 Å². The molecule has 1 heterocycles. The Hall–Kier alpha value is -4.55. The molecule has 0 saturated heterocycles. The molecule has 0 aliphatic heterocycles. The number of carboxylic acids is 1. The number of carboxylic acid groups (broad SMARTS) is 1. The zero-order chi connectivity index (χ0) is 27.6. The molecule has 1 atom stereocenters. The second-order valence-electron chi connectivity index (χ2n) is 8.83. The van der Waals surface area contributed by atoms with Gasteiger partial charge in [0.2, 0.25) is 10.0 Å². The summed E-state index contributed by atoms with van der Waals surface area (Å²) in [5.74, 6) is -2.22. The fourth-order valence-corrected chi connectivity index (χ4v) is 5.07. The van der Waals surface area contributed by atoms with Gasteiger partial charge in [-0.15, -0.1) is 0 Å². The van der Waals surface area contributed by atoms with Crippen molar-refractivity contribution in [1.29, 1.82) is 0 Å². The molecule has 38 heavy (non-hydrogen) atoms. The Morgan fingerprint density at radius 2 is 1.55 bits per heavy atom. The number of non-ortho nitro benzene ring substituents is 1. The Morgan fingerprint density at radius 1 is 0.947 bits per heavy atom. The Kier molecular flexibility index (Phi) is 7.28. The number of benzene rings is 3. The van der Waals surface area contributed by atoms with Gasteiger partial charge in [-0.2, -0.15) is 4.72 Å². The summed E-state index contributed by atoms with van der Waals surface area (Å²) >= 11 is 0. The van der Waals surface area contributed by atoms with E-state index in [0.29, 0.717) is 22.2 Å². The lowest BCUT2D eigenvalue weighted by Crippen LogP contribution is -2.44. The highest BCUT2D eigenvalue weighted by Crippen LogP contribution is 2.26. The fourth-order valence-electron chi connectivity index (χ4n) is 3.73. The number of rotatable bonds is 9. The van der Waals surface area contributed by atoms with E-state index in [9.17, 15) is 33.2 Å². The average Bonchev–Trinajstić information content (AvgIpc) is 3.31. The van der Waals surface area contributed by atoms with Gasteiger partial charge in [0.05, 0.1) is 9.82 Å². The molecule has 3 aromatic carbocycles. The second-order valence-corrected chi connectivity index (χ2v) is 10.5. The summed E-state index contributed by atoms with van der Waals surface area (Å²) in [4.78, 5) is 34.3.